The van der Waals surface area contributed by atoms with Crippen molar-refractivity contribution < 1.29 is 0 Å². The van der Waals surface area contributed by atoms with Gasteiger partial charge in [-0.2, -0.15) is 0 Å². The first-order chi connectivity index (χ1) is 9.06. The molecule has 0 saturated heterocycles. The topological polar surface area (TPSA) is 24.9 Å². The molecule has 1 heterocycles. The van der Waals surface area contributed by atoms with Crippen LogP contribution in [0.25, 0.3) is 0 Å². The number of benzene rings is 1. The van der Waals surface area contributed by atoms with E-state index < -0.39 is 0 Å². The largest absolute Gasteiger partial charge is 0.305 e. The fourth-order valence-corrected chi connectivity index (χ4v) is 3.31. The average molecular weight is 384 g/mol. The molecule has 19 heavy (non-hydrogen) atoms. The van der Waals surface area contributed by atoms with Crippen molar-refractivity contribution in [2.45, 2.75) is 26.4 Å². The molecule has 0 radical (unpaired) electrons. The monoisotopic (exact) mass is 382 g/mol. The van der Waals surface area contributed by atoms with Crippen molar-refractivity contribution in [1.29, 1.82) is 0 Å². The maximum absolute atomic E-state index is 4.49. The molecule has 1 aromatic carbocycles. The molecule has 1 aromatic heterocycles. The highest BCUT2D eigenvalue weighted by Gasteiger charge is 2.09. The minimum Gasteiger partial charge on any atom is -0.305 e. The summed E-state index contributed by atoms with van der Waals surface area (Å²) < 4.78 is 2.19. The molecule has 0 bridgehead atoms. The summed E-state index contributed by atoms with van der Waals surface area (Å²) in [7, 11) is 0. The van der Waals surface area contributed by atoms with Crippen molar-refractivity contribution in [3.05, 3.63) is 62.3 Å². The molecule has 0 aliphatic rings. The number of hydrogen-bond acceptors (Lipinski definition) is 2. The SMILES string of the molecule is Cc1cccc(CNC(C)c2ccc(Br)cc2Br)n1. The molecule has 0 fully saturated rings. The zero-order valence-electron chi connectivity index (χ0n) is 11.0. The van der Waals surface area contributed by atoms with Gasteiger partial charge in [0.25, 0.3) is 0 Å². The number of aromatic nitrogens is 1. The second-order valence-electron chi connectivity index (χ2n) is 4.54. The number of nitrogens with zero attached hydrogens (tertiary/aromatic N) is 1. The Morgan fingerprint density at radius 3 is 2.68 bits per heavy atom. The Morgan fingerprint density at radius 1 is 1.21 bits per heavy atom. The zero-order valence-corrected chi connectivity index (χ0v) is 14.1. The fourth-order valence-electron chi connectivity index (χ4n) is 1.92. The standard InChI is InChI=1S/C15H16Br2N2/c1-10-4-3-5-13(19-10)9-18-11(2)14-7-6-12(16)8-15(14)17/h3-8,11,18H,9H2,1-2H3. The van der Waals surface area contributed by atoms with E-state index in [9.17, 15) is 0 Å². The minimum absolute atomic E-state index is 0.268. The van der Waals surface area contributed by atoms with Crippen molar-refractivity contribution in [2.24, 2.45) is 0 Å². The Hall–Kier alpha value is -0.710. The molecule has 2 rings (SSSR count). The van der Waals surface area contributed by atoms with Crippen LogP contribution in [0, 0.1) is 6.92 Å². The molecule has 4 heteroatoms. The highest BCUT2D eigenvalue weighted by atomic mass is 79.9. The Labute approximate surface area is 130 Å². The van der Waals surface area contributed by atoms with Gasteiger partial charge in [0.1, 0.15) is 0 Å². The van der Waals surface area contributed by atoms with E-state index in [-0.39, 0.29) is 6.04 Å². The second kappa shape index (κ2) is 6.64. The lowest BCUT2D eigenvalue weighted by atomic mass is 10.1. The van der Waals surface area contributed by atoms with Gasteiger partial charge in [0.15, 0.2) is 0 Å². The molecule has 100 valence electrons. The van der Waals surface area contributed by atoms with E-state index >= 15 is 0 Å². The molecular formula is C15H16Br2N2. The summed E-state index contributed by atoms with van der Waals surface area (Å²) >= 11 is 7.07. The van der Waals surface area contributed by atoms with Crippen molar-refractivity contribution >= 4 is 31.9 Å². The van der Waals surface area contributed by atoms with Crippen LogP contribution in [0.4, 0.5) is 0 Å². The Bertz CT molecular complexity index is 570. The normalized spacial score (nSPS) is 12.4. The summed E-state index contributed by atoms with van der Waals surface area (Å²) in [5.41, 5.74) is 3.37. The van der Waals surface area contributed by atoms with Gasteiger partial charge in [-0.25, -0.2) is 0 Å². The fraction of sp³-hybridized carbons (Fsp3) is 0.267. The van der Waals surface area contributed by atoms with Gasteiger partial charge >= 0.3 is 0 Å². The van der Waals surface area contributed by atoms with Gasteiger partial charge in [-0.3, -0.25) is 4.98 Å². The summed E-state index contributed by atoms with van der Waals surface area (Å²) in [4.78, 5) is 4.49. The molecule has 1 N–H and O–H groups in total. The lowest BCUT2D eigenvalue weighted by molar-refractivity contribution is 0.565. The van der Waals surface area contributed by atoms with Gasteiger partial charge in [0, 0.05) is 27.2 Å². The van der Waals surface area contributed by atoms with Crippen LogP contribution in [0.1, 0.15) is 29.9 Å². The quantitative estimate of drug-likeness (QED) is 0.822. The molecular weight excluding hydrogens is 368 g/mol. The maximum Gasteiger partial charge on any atom is 0.0545 e. The molecule has 1 atom stereocenters. The molecule has 2 nitrogen and oxygen atoms in total. The van der Waals surface area contributed by atoms with Crippen molar-refractivity contribution in [2.75, 3.05) is 0 Å². The van der Waals surface area contributed by atoms with Crippen molar-refractivity contribution in [3.8, 4) is 0 Å². The molecule has 0 aliphatic heterocycles. The third-order valence-electron chi connectivity index (χ3n) is 2.96. The molecule has 2 aromatic rings. The number of halogens is 2. The molecule has 0 amide bonds. The number of pyridine rings is 1. The van der Waals surface area contributed by atoms with Gasteiger partial charge in [-0.15, -0.1) is 0 Å². The number of nitrogens with one attached hydrogen (secondary N) is 1. The first-order valence-electron chi connectivity index (χ1n) is 6.17. The first-order valence-corrected chi connectivity index (χ1v) is 7.76. The van der Waals surface area contributed by atoms with Gasteiger partial charge in [-0.05, 0) is 43.7 Å². The third-order valence-corrected chi connectivity index (χ3v) is 4.14. The van der Waals surface area contributed by atoms with Crippen molar-refractivity contribution in [3.63, 3.8) is 0 Å². The molecule has 0 saturated carbocycles. The van der Waals surface area contributed by atoms with Crippen LogP contribution >= 0.6 is 31.9 Å². The van der Waals surface area contributed by atoms with Crippen LogP contribution < -0.4 is 5.32 Å². The third kappa shape index (κ3) is 4.13. The van der Waals surface area contributed by atoms with Gasteiger partial charge in [-0.1, -0.05) is 44.0 Å². The Kier molecular flexibility index (Phi) is 5.13. The van der Waals surface area contributed by atoms with Crippen LogP contribution in [0.15, 0.2) is 45.3 Å². The van der Waals surface area contributed by atoms with E-state index in [2.05, 4.69) is 67.3 Å². The summed E-state index contributed by atoms with van der Waals surface area (Å²) in [6, 6.07) is 12.6. The van der Waals surface area contributed by atoms with Crippen LogP contribution in [0.5, 0.6) is 0 Å². The number of hydrogen-bond donors (Lipinski definition) is 1. The summed E-state index contributed by atoms with van der Waals surface area (Å²) in [6.07, 6.45) is 0. The predicted molar refractivity (Wildman–Crippen MR) is 86.1 cm³/mol. The van der Waals surface area contributed by atoms with E-state index in [1.807, 2.05) is 25.1 Å². The van der Waals surface area contributed by atoms with Crippen LogP contribution in [0.3, 0.4) is 0 Å². The van der Waals surface area contributed by atoms with E-state index in [1.165, 1.54) is 5.56 Å². The summed E-state index contributed by atoms with van der Waals surface area (Å²) in [6.45, 7) is 4.94. The van der Waals surface area contributed by atoms with Crippen LogP contribution in [-0.4, -0.2) is 4.98 Å². The predicted octanol–water partition coefficient (Wildman–Crippen LogP) is 4.77. The van der Waals surface area contributed by atoms with Crippen LogP contribution in [0.2, 0.25) is 0 Å². The highest BCUT2D eigenvalue weighted by molar-refractivity contribution is 9.11. The zero-order chi connectivity index (χ0) is 13.8. The molecule has 0 aliphatic carbocycles. The van der Waals surface area contributed by atoms with E-state index in [0.717, 1.165) is 26.9 Å². The number of rotatable bonds is 4. The average Bonchev–Trinajstić information content (AvgIpc) is 2.36. The van der Waals surface area contributed by atoms with Gasteiger partial charge in [0.2, 0.25) is 0 Å². The summed E-state index contributed by atoms with van der Waals surface area (Å²) in [5.74, 6) is 0. The Morgan fingerprint density at radius 2 is 2.00 bits per heavy atom. The van der Waals surface area contributed by atoms with Gasteiger partial charge in [0.05, 0.1) is 5.69 Å². The lowest BCUT2D eigenvalue weighted by Gasteiger charge is -2.16. The number of aryl methyl sites for hydroxylation is 1. The highest BCUT2D eigenvalue weighted by Crippen LogP contribution is 2.26. The van der Waals surface area contributed by atoms with E-state index in [1.54, 1.807) is 0 Å². The smallest absolute Gasteiger partial charge is 0.0545 e. The lowest BCUT2D eigenvalue weighted by Crippen LogP contribution is -2.19. The van der Waals surface area contributed by atoms with Gasteiger partial charge < -0.3 is 5.32 Å². The molecule has 0 spiro atoms. The minimum atomic E-state index is 0.268. The van der Waals surface area contributed by atoms with E-state index in [0.29, 0.717) is 0 Å². The van der Waals surface area contributed by atoms with Crippen LogP contribution in [-0.2, 0) is 6.54 Å². The maximum atomic E-state index is 4.49. The Balaban J connectivity index is 2.03. The van der Waals surface area contributed by atoms with Crippen molar-refractivity contribution in [1.82, 2.24) is 10.3 Å². The van der Waals surface area contributed by atoms with E-state index in [4.69, 9.17) is 0 Å². The first kappa shape index (κ1) is 14.7. The second-order valence-corrected chi connectivity index (χ2v) is 6.31. The summed E-state index contributed by atoms with van der Waals surface area (Å²) in [5, 5.41) is 3.49. The molecule has 1 unspecified atom stereocenters.